The van der Waals surface area contributed by atoms with Crippen molar-refractivity contribution in [1.82, 2.24) is 19.7 Å². The van der Waals surface area contributed by atoms with Gasteiger partial charge in [-0.2, -0.15) is 0 Å². The van der Waals surface area contributed by atoms with Crippen LogP contribution in [0.1, 0.15) is 30.1 Å². The minimum Gasteiger partial charge on any atom is -0.369 e. The number of nitrogens with one attached hydrogen (secondary N) is 1. The highest BCUT2D eigenvalue weighted by atomic mass is 32.2. The number of rotatable bonds is 10. The van der Waals surface area contributed by atoms with Crippen LogP contribution in [-0.4, -0.2) is 57.5 Å². The number of thioether (sulfide) groups is 1. The van der Waals surface area contributed by atoms with Crippen LogP contribution >= 0.6 is 11.8 Å². The SMILES string of the molecule is C=CCn1c(SCC(=O)Nc2ccc(N3CCN(Cc4ccccc4)CC3)cc2)nnc1C1CC1. The molecule has 2 aromatic carbocycles. The number of carbonyl (C=O) groups is 1. The van der Waals surface area contributed by atoms with Gasteiger partial charge in [-0.05, 0) is 42.7 Å². The van der Waals surface area contributed by atoms with Gasteiger partial charge in [-0.3, -0.25) is 9.69 Å². The highest BCUT2D eigenvalue weighted by molar-refractivity contribution is 7.99. The second kappa shape index (κ2) is 11.1. The number of piperazine rings is 1. The Bertz CT molecular complexity index is 1130. The molecule has 0 bridgehead atoms. The predicted molar refractivity (Wildman–Crippen MR) is 142 cm³/mol. The average Bonchev–Trinajstić information content (AvgIpc) is 3.65. The molecule has 182 valence electrons. The van der Waals surface area contributed by atoms with E-state index in [0.717, 1.165) is 49.4 Å². The summed E-state index contributed by atoms with van der Waals surface area (Å²) < 4.78 is 2.08. The summed E-state index contributed by atoms with van der Waals surface area (Å²) in [5.41, 5.74) is 3.37. The first-order valence-corrected chi connectivity index (χ1v) is 13.3. The van der Waals surface area contributed by atoms with E-state index in [1.165, 1.54) is 35.9 Å². The molecule has 2 heterocycles. The van der Waals surface area contributed by atoms with E-state index in [2.05, 4.69) is 78.9 Å². The van der Waals surface area contributed by atoms with Gasteiger partial charge in [0.2, 0.25) is 5.91 Å². The van der Waals surface area contributed by atoms with Gasteiger partial charge in [-0.15, -0.1) is 16.8 Å². The molecule has 0 unspecified atom stereocenters. The number of carbonyl (C=O) groups excluding carboxylic acids is 1. The minimum absolute atomic E-state index is 0.0431. The number of allylic oxidation sites excluding steroid dienone is 1. The van der Waals surface area contributed by atoms with E-state index in [1.54, 1.807) is 0 Å². The highest BCUT2D eigenvalue weighted by Crippen LogP contribution is 2.40. The normalized spacial score (nSPS) is 16.3. The Morgan fingerprint density at radius 1 is 1.03 bits per heavy atom. The first kappa shape index (κ1) is 23.6. The quantitative estimate of drug-likeness (QED) is 0.337. The second-order valence-corrected chi connectivity index (χ2v) is 10.1. The zero-order valence-electron chi connectivity index (χ0n) is 20.0. The maximum atomic E-state index is 12.6. The minimum atomic E-state index is -0.0431. The fourth-order valence-corrected chi connectivity index (χ4v) is 5.19. The Kier molecular flexibility index (Phi) is 7.49. The Balaban J connectivity index is 1.09. The lowest BCUT2D eigenvalue weighted by molar-refractivity contribution is -0.113. The van der Waals surface area contributed by atoms with Crippen LogP contribution in [0.15, 0.2) is 72.4 Å². The molecule has 2 aliphatic rings. The molecule has 1 amide bonds. The van der Waals surface area contributed by atoms with Gasteiger partial charge in [-0.1, -0.05) is 48.2 Å². The lowest BCUT2D eigenvalue weighted by Gasteiger charge is -2.36. The van der Waals surface area contributed by atoms with E-state index in [1.807, 2.05) is 18.2 Å². The fraction of sp³-hybridized carbons (Fsp3) is 0.370. The molecule has 1 saturated heterocycles. The summed E-state index contributed by atoms with van der Waals surface area (Å²) in [6.07, 6.45) is 4.18. The van der Waals surface area contributed by atoms with Gasteiger partial charge < -0.3 is 14.8 Å². The van der Waals surface area contributed by atoms with Crippen molar-refractivity contribution in [3.63, 3.8) is 0 Å². The van der Waals surface area contributed by atoms with E-state index < -0.39 is 0 Å². The van der Waals surface area contributed by atoms with Crippen LogP contribution in [0.2, 0.25) is 0 Å². The average molecular weight is 489 g/mol. The second-order valence-electron chi connectivity index (χ2n) is 9.15. The molecular weight excluding hydrogens is 456 g/mol. The smallest absolute Gasteiger partial charge is 0.234 e. The lowest BCUT2D eigenvalue weighted by atomic mass is 10.2. The topological polar surface area (TPSA) is 66.3 Å². The summed E-state index contributed by atoms with van der Waals surface area (Å²) in [7, 11) is 0. The van der Waals surface area contributed by atoms with E-state index in [4.69, 9.17) is 0 Å². The largest absolute Gasteiger partial charge is 0.369 e. The van der Waals surface area contributed by atoms with Crippen molar-refractivity contribution in [1.29, 1.82) is 0 Å². The number of aromatic nitrogens is 3. The number of amides is 1. The predicted octanol–water partition coefficient (Wildman–Crippen LogP) is 4.39. The van der Waals surface area contributed by atoms with E-state index in [9.17, 15) is 4.79 Å². The van der Waals surface area contributed by atoms with Crippen molar-refractivity contribution in [2.45, 2.75) is 37.0 Å². The van der Waals surface area contributed by atoms with E-state index >= 15 is 0 Å². The van der Waals surface area contributed by atoms with Gasteiger partial charge in [0.1, 0.15) is 5.82 Å². The van der Waals surface area contributed by atoms with Crippen molar-refractivity contribution < 1.29 is 4.79 Å². The molecule has 0 radical (unpaired) electrons. The van der Waals surface area contributed by atoms with Crippen LogP contribution in [0.25, 0.3) is 0 Å². The van der Waals surface area contributed by atoms with Crippen LogP contribution < -0.4 is 10.2 Å². The summed E-state index contributed by atoms with van der Waals surface area (Å²) in [6, 6.07) is 18.8. The van der Waals surface area contributed by atoms with Crippen molar-refractivity contribution >= 4 is 29.0 Å². The maximum absolute atomic E-state index is 12.6. The molecule has 8 heteroatoms. The molecule has 1 saturated carbocycles. The lowest BCUT2D eigenvalue weighted by Crippen LogP contribution is -2.45. The Hall–Kier alpha value is -3.10. The number of hydrogen-bond donors (Lipinski definition) is 1. The summed E-state index contributed by atoms with van der Waals surface area (Å²) in [4.78, 5) is 17.5. The van der Waals surface area contributed by atoms with Gasteiger partial charge in [0.15, 0.2) is 5.16 Å². The molecule has 1 aliphatic heterocycles. The Labute approximate surface area is 211 Å². The van der Waals surface area contributed by atoms with Crippen LogP contribution in [0, 0.1) is 0 Å². The standard InChI is InChI=1S/C27H32N6OS/c1-2-14-33-26(22-8-9-22)29-30-27(33)35-20-25(34)28-23-10-12-24(13-11-23)32-17-15-31(16-18-32)19-21-6-4-3-5-7-21/h2-7,10-13,22H,1,8-9,14-20H2,(H,28,34). The molecule has 1 aliphatic carbocycles. The maximum Gasteiger partial charge on any atom is 0.234 e. The first-order valence-electron chi connectivity index (χ1n) is 12.3. The van der Waals surface area contributed by atoms with Gasteiger partial charge in [-0.25, -0.2) is 0 Å². The molecule has 35 heavy (non-hydrogen) atoms. The Morgan fingerprint density at radius 2 is 1.77 bits per heavy atom. The molecule has 5 rings (SSSR count). The summed E-state index contributed by atoms with van der Waals surface area (Å²) in [5.74, 6) is 1.78. The Morgan fingerprint density at radius 3 is 2.46 bits per heavy atom. The monoisotopic (exact) mass is 488 g/mol. The molecule has 7 nitrogen and oxygen atoms in total. The van der Waals surface area contributed by atoms with Gasteiger partial charge in [0.25, 0.3) is 0 Å². The van der Waals surface area contributed by atoms with Crippen LogP contribution in [0.5, 0.6) is 0 Å². The first-order chi connectivity index (χ1) is 17.2. The van der Waals surface area contributed by atoms with Gasteiger partial charge >= 0.3 is 0 Å². The van der Waals surface area contributed by atoms with Gasteiger partial charge in [0, 0.05) is 56.6 Å². The van der Waals surface area contributed by atoms with E-state index in [0.29, 0.717) is 18.2 Å². The van der Waals surface area contributed by atoms with Gasteiger partial charge in [0.05, 0.1) is 5.75 Å². The molecule has 2 fully saturated rings. The number of anilines is 2. The van der Waals surface area contributed by atoms with Crippen molar-refractivity contribution in [2.24, 2.45) is 0 Å². The third-order valence-corrected chi connectivity index (χ3v) is 7.44. The van der Waals surface area contributed by atoms with Crippen molar-refractivity contribution in [2.75, 3.05) is 42.1 Å². The van der Waals surface area contributed by atoms with Crippen molar-refractivity contribution in [3.05, 3.63) is 78.6 Å². The van der Waals surface area contributed by atoms with Crippen LogP contribution in [0.4, 0.5) is 11.4 Å². The third-order valence-electron chi connectivity index (χ3n) is 6.47. The zero-order valence-corrected chi connectivity index (χ0v) is 20.8. The molecular formula is C27H32N6OS. The van der Waals surface area contributed by atoms with E-state index in [-0.39, 0.29) is 5.91 Å². The molecule has 3 aromatic rings. The summed E-state index contributed by atoms with van der Waals surface area (Å²) >= 11 is 1.42. The summed E-state index contributed by atoms with van der Waals surface area (Å²) in [5, 5.41) is 12.4. The fourth-order valence-electron chi connectivity index (χ4n) is 4.44. The molecule has 1 N–H and O–H groups in total. The number of benzene rings is 2. The van der Waals surface area contributed by atoms with Crippen LogP contribution in [0.3, 0.4) is 0 Å². The molecule has 0 spiro atoms. The summed E-state index contributed by atoms with van der Waals surface area (Å²) in [6.45, 7) is 9.61. The number of nitrogens with zero attached hydrogens (tertiary/aromatic N) is 5. The number of hydrogen-bond acceptors (Lipinski definition) is 6. The van der Waals surface area contributed by atoms with Crippen molar-refractivity contribution in [3.8, 4) is 0 Å². The third kappa shape index (κ3) is 6.13. The highest BCUT2D eigenvalue weighted by Gasteiger charge is 2.30. The zero-order chi connectivity index (χ0) is 24.0. The molecule has 1 aromatic heterocycles. The molecule has 0 atom stereocenters. The van der Waals surface area contributed by atoms with Crippen LogP contribution in [-0.2, 0) is 17.9 Å².